The summed E-state index contributed by atoms with van der Waals surface area (Å²) < 4.78 is 0.890. The highest BCUT2D eigenvalue weighted by atomic mass is 16.4. The summed E-state index contributed by atoms with van der Waals surface area (Å²) in [6, 6.07) is 12.7. The number of aromatic hydroxyl groups is 1. The van der Waals surface area contributed by atoms with Gasteiger partial charge < -0.3 is 10.2 Å². The molecule has 0 bridgehead atoms. The van der Waals surface area contributed by atoms with Gasteiger partial charge in [-0.05, 0) is 42.5 Å². The summed E-state index contributed by atoms with van der Waals surface area (Å²) in [4.78, 5) is 42.0. The molecule has 8 nitrogen and oxygen atoms in total. The number of hydrogen-bond acceptors (Lipinski definition) is 5. The van der Waals surface area contributed by atoms with Crippen LogP contribution < -0.4 is 21.8 Å². The van der Waals surface area contributed by atoms with Crippen molar-refractivity contribution in [3.05, 3.63) is 96.8 Å². The number of carbonyl (C=O) groups is 1. The number of aromatic nitrogens is 2. The number of aromatic amines is 1. The van der Waals surface area contributed by atoms with E-state index in [9.17, 15) is 19.5 Å². The van der Waals surface area contributed by atoms with E-state index in [1.54, 1.807) is 6.08 Å². The Hall–Kier alpha value is -4.20. The third-order valence-corrected chi connectivity index (χ3v) is 4.28. The molecular formula is C20H13N3O5. The van der Waals surface area contributed by atoms with Crippen LogP contribution in [0.25, 0.3) is 17.8 Å². The minimum Gasteiger partial charge on any atom is -0.494 e. The molecular weight excluding hydrogens is 362 g/mol. The van der Waals surface area contributed by atoms with Crippen LogP contribution >= 0.6 is 0 Å². The Labute approximate surface area is 156 Å². The molecule has 0 aliphatic carbocycles. The third kappa shape index (κ3) is 2.92. The fraction of sp³-hybridized carbons (Fsp3) is 0. The molecule has 0 amide bonds. The molecule has 138 valence electrons. The number of allylic oxidation sites excluding steroid dienone is 1. The molecule has 28 heavy (non-hydrogen) atoms. The maximum atomic E-state index is 12.2. The van der Waals surface area contributed by atoms with E-state index in [0.29, 0.717) is 5.70 Å². The molecule has 0 unspecified atom stereocenters. The first-order valence-electron chi connectivity index (χ1n) is 8.23. The molecule has 4 rings (SSSR count). The zero-order chi connectivity index (χ0) is 19.8. The summed E-state index contributed by atoms with van der Waals surface area (Å²) in [6.45, 7) is 0. The SMILES string of the molecule is O=C(O)c1ccc(-n2c(O)c(C=C3C=c4ccccc4=N3)c(=O)[nH]c2=O)cc1. The number of carboxylic acid groups (broad SMARTS) is 1. The number of carboxylic acids is 1. The van der Waals surface area contributed by atoms with E-state index in [1.165, 1.54) is 30.3 Å². The van der Waals surface area contributed by atoms with E-state index in [1.807, 2.05) is 24.3 Å². The molecule has 3 N–H and O–H groups in total. The second-order valence-corrected chi connectivity index (χ2v) is 6.07. The van der Waals surface area contributed by atoms with Crippen molar-refractivity contribution in [3.8, 4) is 11.6 Å². The number of fused-ring (bicyclic) bond motifs is 1. The van der Waals surface area contributed by atoms with Crippen LogP contribution in [0.1, 0.15) is 15.9 Å². The second-order valence-electron chi connectivity index (χ2n) is 6.07. The highest BCUT2D eigenvalue weighted by Crippen LogP contribution is 2.20. The number of hydrogen-bond donors (Lipinski definition) is 3. The predicted octanol–water partition coefficient (Wildman–Crippen LogP) is 0.384. The van der Waals surface area contributed by atoms with Gasteiger partial charge >= 0.3 is 11.7 Å². The van der Waals surface area contributed by atoms with Crippen molar-refractivity contribution >= 4 is 18.1 Å². The van der Waals surface area contributed by atoms with Crippen LogP contribution in [0.4, 0.5) is 0 Å². The van der Waals surface area contributed by atoms with E-state index in [4.69, 9.17) is 5.11 Å². The lowest BCUT2D eigenvalue weighted by molar-refractivity contribution is 0.0697. The Morgan fingerprint density at radius 2 is 1.79 bits per heavy atom. The molecule has 3 aromatic rings. The van der Waals surface area contributed by atoms with Crippen LogP contribution in [-0.2, 0) is 0 Å². The zero-order valence-electron chi connectivity index (χ0n) is 14.3. The van der Waals surface area contributed by atoms with E-state index in [0.717, 1.165) is 15.1 Å². The standard InChI is InChI=1S/C20H13N3O5/c24-17-15(10-13-9-12-3-1-2-4-16(12)21-13)18(25)23(20(28)22-17)14-7-5-11(6-8-14)19(26)27/h1-10,25H,(H,26,27)(H,22,24,28). The summed E-state index contributed by atoms with van der Waals surface area (Å²) in [5.74, 6) is -1.68. The smallest absolute Gasteiger partial charge is 0.335 e. The lowest BCUT2D eigenvalue weighted by Gasteiger charge is -2.10. The minimum absolute atomic E-state index is 0.0279. The molecule has 0 spiro atoms. The van der Waals surface area contributed by atoms with Gasteiger partial charge in [-0.15, -0.1) is 0 Å². The fourth-order valence-electron chi connectivity index (χ4n) is 2.93. The highest BCUT2D eigenvalue weighted by molar-refractivity contribution is 5.87. The molecule has 1 aliphatic heterocycles. The van der Waals surface area contributed by atoms with Crippen molar-refractivity contribution in [2.45, 2.75) is 0 Å². The fourth-order valence-corrected chi connectivity index (χ4v) is 2.93. The van der Waals surface area contributed by atoms with Gasteiger partial charge in [0.05, 0.1) is 22.3 Å². The minimum atomic E-state index is -1.12. The molecule has 1 aliphatic rings. The summed E-state index contributed by atoms with van der Waals surface area (Å²) in [5, 5.41) is 21.2. The first-order chi connectivity index (χ1) is 13.4. The van der Waals surface area contributed by atoms with Gasteiger partial charge in [-0.25, -0.2) is 19.1 Å². The number of benzene rings is 2. The molecule has 0 fully saturated rings. The Balaban J connectivity index is 1.87. The zero-order valence-corrected chi connectivity index (χ0v) is 14.3. The van der Waals surface area contributed by atoms with Gasteiger partial charge in [0, 0.05) is 5.22 Å². The largest absolute Gasteiger partial charge is 0.494 e. The number of H-pyrrole nitrogens is 1. The Bertz CT molecular complexity index is 1340. The number of nitrogens with one attached hydrogen (secondary N) is 1. The average molecular weight is 375 g/mol. The quantitative estimate of drug-likeness (QED) is 0.611. The van der Waals surface area contributed by atoms with Crippen LogP contribution in [0.15, 0.2) is 68.8 Å². The Morgan fingerprint density at radius 1 is 1.07 bits per heavy atom. The van der Waals surface area contributed by atoms with E-state index < -0.39 is 23.1 Å². The second kappa shape index (κ2) is 6.51. The maximum absolute atomic E-state index is 12.2. The van der Waals surface area contributed by atoms with Crippen molar-refractivity contribution in [3.63, 3.8) is 0 Å². The van der Waals surface area contributed by atoms with Crippen LogP contribution in [0.3, 0.4) is 0 Å². The number of para-hydroxylation sites is 1. The molecule has 1 aromatic heterocycles. The van der Waals surface area contributed by atoms with Gasteiger partial charge in [0.2, 0.25) is 5.88 Å². The molecule has 0 saturated heterocycles. The summed E-state index contributed by atoms with van der Waals surface area (Å²) in [5.41, 5.74) is -1.05. The molecule has 0 saturated carbocycles. The maximum Gasteiger partial charge on any atom is 0.335 e. The van der Waals surface area contributed by atoms with Crippen LogP contribution in [0, 0.1) is 0 Å². The highest BCUT2D eigenvalue weighted by Gasteiger charge is 2.15. The molecule has 2 heterocycles. The van der Waals surface area contributed by atoms with Crippen molar-refractivity contribution in [2.75, 3.05) is 0 Å². The van der Waals surface area contributed by atoms with Crippen LogP contribution in [0.5, 0.6) is 5.88 Å². The predicted molar refractivity (Wildman–Crippen MR) is 101 cm³/mol. The van der Waals surface area contributed by atoms with Gasteiger partial charge in [0.1, 0.15) is 5.56 Å². The van der Waals surface area contributed by atoms with Gasteiger partial charge in [-0.2, -0.15) is 0 Å². The van der Waals surface area contributed by atoms with E-state index in [2.05, 4.69) is 9.98 Å². The van der Waals surface area contributed by atoms with Gasteiger partial charge in [-0.3, -0.25) is 9.78 Å². The summed E-state index contributed by atoms with van der Waals surface area (Å²) in [7, 11) is 0. The van der Waals surface area contributed by atoms with Crippen molar-refractivity contribution in [2.24, 2.45) is 4.99 Å². The lowest BCUT2D eigenvalue weighted by Crippen LogP contribution is -2.30. The number of aromatic carboxylic acids is 1. The summed E-state index contributed by atoms with van der Waals surface area (Å²) >= 11 is 0. The van der Waals surface area contributed by atoms with Crippen LogP contribution in [0.2, 0.25) is 0 Å². The number of nitrogens with zero attached hydrogens (tertiary/aromatic N) is 2. The number of rotatable bonds is 3. The third-order valence-electron chi connectivity index (χ3n) is 4.28. The Morgan fingerprint density at radius 3 is 2.46 bits per heavy atom. The van der Waals surface area contributed by atoms with Crippen molar-refractivity contribution in [1.82, 2.24) is 9.55 Å². The van der Waals surface area contributed by atoms with Gasteiger partial charge in [-0.1, -0.05) is 18.2 Å². The van der Waals surface area contributed by atoms with Crippen molar-refractivity contribution < 1.29 is 15.0 Å². The Kier molecular flexibility index (Phi) is 4.00. The first kappa shape index (κ1) is 17.2. The topological polar surface area (TPSA) is 125 Å². The van der Waals surface area contributed by atoms with E-state index in [-0.39, 0.29) is 16.8 Å². The molecule has 0 radical (unpaired) electrons. The first-order valence-corrected chi connectivity index (χ1v) is 8.23. The van der Waals surface area contributed by atoms with E-state index >= 15 is 0 Å². The lowest BCUT2D eigenvalue weighted by atomic mass is 10.2. The van der Waals surface area contributed by atoms with Crippen molar-refractivity contribution in [1.29, 1.82) is 0 Å². The van der Waals surface area contributed by atoms with Gasteiger partial charge in [0.15, 0.2) is 0 Å². The van der Waals surface area contributed by atoms with Gasteiger partial charge in [0.25, 0.3) is 5.56 Å². The molecule has 2 aromatic carbocycles. The normalized spacial score (nSPS) is 13.6. The average Bonchev–Trinajstić information content (AvgIpc) is 3.08. The van der Waals surface area contributed by atoms with Crippen LogP contribution in [-0.4, -0.2) is 25.7 Å². The summed E-state index contributed by atoms with van der Waals surface area (Å²) in [6.07, 6.45) is 3.14. The molecule has 0 atom stereocenters. The monoisotopic (exact) mass is 375 g/mol. The molecule has 8 heteroatoms.